The van der Waals surface area contributed by atoms with Crippen LogP contribution in [0.1, 0.15) is 0 Å². The Morgan fingerprint density at radius 1 is 1.70 bits per heavy atom. The van der Waals surface area contributed by atoms with Crippen LogP contribution in [0.25, 0.3) is 0 Å². The van der Waals surface area contributed by atoms with E-state index in [1.165, 1.54) is 6.20 Å². The molecular weight excluding hydrogens is 130 g/mol. The third-order valence-electron chi connectivity index (χ3n) is 0.907. The van der Waals surface area contributed by atoms with E-state index in [0.29, 0.717) is 5.75 Å². The molecule has 1 N–H and O–H groups in total. The molecule has 0 amide bonds. The maximum atomic E-state index is 8.64. The van der Waals surface area contributed by atoms with Crippen LogP contribution < -0.4 is 4.74 Å². The molecule has 0 bridgehead atoms. The van der Waals surface area contributed by atoms with Crippen LogP contribution in [0.2, 0.25) is 0 Å². The number of nitrogens with zero attached hydrogens (tertiary/aromatic N) is 1. The van der Waals surface area contributed by atoms with E-state index in [2.05, 4.69) is 11.9 Å². The molecule has 0 spiro atoms. The van der Waals surface area contributed by atoms with Crippen molar-refractivity contribution in [2.45, 2.75) is 6.29 Å². The number of aliphatic hydroxyl groups excluding tert-OH is 1. The second-order valence-electron chi connectivity index (χ2n) is 1.76. The Labute approximate surface area is 59.3 Å². The largest absolute Gasteiger partial charge is 0.464 e. The molecular formula is C7H8NO2. The first-order valence-corrected chi connectivity index (χ1v) is 2.87. The van der Waals surface area contributed by atoms with Gasteiger partial charge in [-0.05, 0) is 12.1 Å². The van der Waals surface area contributed by atoms with Crippen LogP contribution >= 0.6 is 0 Å². The lowest BCUT2D eigenvalue weighted by molar-refractivity contribution is 0.0220. The Balaban J connectivity index is 2.59. The topological polar surface area (TPSA) is 42.4 Å². The molecule has 0 fully saturated rings. The minimum absolute atomic E-state index is 0.519. The van der Waals surface area contributed by atoms with Crippen molar-refractivity contribution in [3.05, 3.63) is 31.5 Å². The van der Waals surface area contributed by atoms with Gasteiger partial charge in [-0.25, -0.2) is 0 Å². The van der Waals surface area contributed by atoms with Crippen molar-refractivity contribution in [3.63, 3.8) is 0 Å². The molecule has 3 nitrogen and oxygen atoms in total. The molecule has 1 atom stereocenters. The first-order valence-electron chi connectivity index (χ1n) is 2.87. The summed E-state index contributed by atoms with van der Waals surface area (Å²) in [5.74, 6) is 0.519. The average Bonchev–Trinajstić information content (AvgIpc) is 1.88. The summed E-state index contributed by atoms with van der Waals surface area (Å²) in [6.45, 7) is 3.24. The molecule has 0 saturated heterocycles. The summed E-state index contributed by atoms with van der Waals surface area (Å²) >= 11 is 0. The van der Waals surface area contributed by atoms with Crippen molar-refractivity contribution in [3.8, 4) is 5.75 Å². The molecule has 3 heteroatoms. The minimum Gasteiger partial charge on any atom is -0.464 e. The molecule has 0 aromatic carbocycles. The number of pyridine rings is 1. The van der Waals surface area contributed by atoms with Crippen LogP contribution in [0.3, 0.4) is 0 Å². The molecule has 10 heavy (non-hydrogen) atoms. The van der Waals surface area contributed by atoms with Gasteiger partial charge in [-0.2, -0.15) is 0 Å². The summed E-state index contributed by atoms with van der Waals surface area (Å²) in [5, 5.41) is 8.64. The zero-order chi connectivity index (χ0) is 7.40. The summed E-state index contributed by atoms with van der Waals surface area (Å²) in [6.07, 6.45) is 2.11. The Bertz CT molecular complexity index is 186. The quantitative estimate of drug-likeness (QED) is 0.609. The zero-order valence-corrected chi connectivity index (χ0v) is 5.40. The highest BCUT2D eigenvalue weighted by Gasteiger charge is 1.95. The maximum Gasteiger partial charge on any atom is 0.197 e. The van der Waals surface area contributed by atoms with Gasteiger partial charge in [0.15, 0.2) is 6.29 Å². The Kier molecular flexibility index (Phi) is 2.23. The van der Waals surface area contributed by atoms with Crippen molar-refractivity contribution in [1.82, 2.24) is 4.98 Å². The molecule has 53 valence electrons. The predicted molar refractivity (Wildman–Crippen MR) is 36.2 cm³/mol. The second-order valence-corrected chi connectivity index (χ2v) is 1.76. The summed E-state index contributed by atoms with van der Waals surface area (Å²) < 4.78 is 4.80. The van der Waals surface area contributed by atoms with Gasteiger partial charge in [-0.3, -0.25) is 4.98 Å². The van der Waals surface area contributed by atoms with Crippen molar-refractivity contribution in [2.24, 2.45) is 0 Å². The van der Waals surface area contributed by atoms with Crippen molar-refractivity contribution >= 4 is 0 Å². The van der Waals surface area contributed by atoms with Crippen molar-refractivity contribution < 1.29 is 9.84 Å². The zero-order valence-electron chi connectivity index (χ0n) is 5.40. The van der Waals surface area contributed by atoms with Crippen LogP contribution in [0.4, 0.5) is 0 Å². The molecule has 1 heterocycles. The van der Waals surface area contributed by atoms with Gasteiger partial charge in [0.05, 0.1) is 6.20 Å². The third-order valence-corrected chi connectivity index (χ3v) is 0.907. The van der Waals surface area contributed by atoms with E-state index >= 15 is 0 Å². The normalized spacial score (nSPS) is 12.6. The molecule has 1 radical (unpaired) electrons. The molecule has 0 saturated carbocycles. The van der Waals surface area contributed by atoms with E-state index in [4.69, 9.17) is 9.84 Å². The number of rotatable bonds is 2. The van der Waals surface area contributed by atoms with E-state index in [1.54, 1.807) is 18.3 Å². The fraction of sp³-hybridized carbons (Fsp3) is 0.143. The highest BCUT2D eigenvalue weighted by molar-refractivity contribution is 5.15. The fourth-order valence-corrected chi connectivity index (χ4v) is 0.574. The van der Waals surface area contributed by atoms with Crippen LogP contribution in [0.5, 0.6) is 5.75 Å². The van der Waals surface area contributed by atoms with Gasteiger partial charge in [0.25, 0.3) is 0 Å². The number of aliphatic hydroxyl groups is 1. The van der Waals surface area contributed by atoms with Gasteiger partial charge in [-0.1, -0.05) is 0 Å². The first kappa shape index (κ1) is 7.02. The molecule has 0 aliphatic heterocycles. The lowest BCUT2D eigenvalue weighted by atomic mass is 10.5. The van der Waals surface area contributed by atoms with Crippen molar-refractivity contribution in [2.75, 3.05) is 0 Å². The van der Waals surface area contributed by atoms with E-state index in [9.17, 15) is 0 Å². The van der Waals surface area contributed by atoms with Crippen LogP contribution in [-0.2, 0) is 0 Å². The van der Waals surface area contributed by atoms with Gasteiger partial charge in [-0.15, -0.1) is 0 Å². The van der Waals surface area contributed by atoms with E-state index < -0.39 is 6.29 Å². The molecule has 1 aromatic heterocycles. The summed E-state index contributed by atoms with van der Waals surface area (Å²) in [6, 6.07) is 3.42. The van der Waals surface area contributed by atoms with Crippen LogP contribution in [0, 0.1) is 6.92 Å². The highest BCUT2D eigenvalue weighted by Crippen LogP contribution is 2.06. The lowest BCUT2D eigenvalue weighted by Gasteiger charge is -2.06. The minimum atomic E-state index is -1.02. The van der Waals surface area contributed by atoms with Gasteiger partial charge in [0.1, 0.15) is 5.75 Å². The van der Waals surface area contributed by atoms with E-state index in [-0.39, 0.29) is 0 Å². The molecule has 1 rings (SSSR count). The third kappa shape index (κ3) is 2.03. The lowest BCUT2D eigenvalue weighted by Crippen LogP contribution is -2.09. The van der Waals surface area contributed by atoms with E-state index in [1.807, 2.05) is 0 Å². The Morgan fingerprint density at radius 3 is 3.00 bits per heavy atom. The molecule has 0 aliphatic carbocycles. The van der Waals surface area contributed by atoms with Crippen molar-refractivity contribution in [1.29, 1.82) is 0 Å². The molecule has 0 aliphatic rings. The molecule has 1 aromatic rings. The summed E-state index contributed by atoms with van der Waals surface area (Å²) in [5.41, 5.74) is 0. The Hall–Kier alpha value is -1.09. The maximum absolute atomic E-state index is 8.64. The highest BCUT2D eigenvalue weighted by atomic mass is 16.6. The smallest absolute Gasteiger partial charge is 0.197 e. The van der Waals surface area contributed by atoms with E-state index in [0.717, 1.165) is 0 Å². The van der Waals surface area contributed by atoms with Gasteiger partial charge >= 0.3 is 0 Å². The summed E-state index contributed by atoms with van der Waals surface area (Å²) in [4.78, 5) is 3.77. The fourth-order valence-electron chi connectivity index (χ4n) is 0.574. The number of hydrogen-bond donors (Lipinski definition) is 1. The SMILES string of the molecule is [CH2]C(O)Oc1cccnc1. The van der Waals surface area contributed by atoms with Crippen LogP contribution in [-0.4, -0.2) is 16.4 Å². The standard InChI is InChI=1S/C7H8NO2/c1-6(9)10-7-3-2-4-8-5-7/h2-6,9H,1H2. The molecule has 1 unspecified atom stereocenters. The number of hydrogen-bond acceptors (Lipinski definition) is 3. The predicted octanol–water partition coefficient (Wildman–Crippen LogP) is 0.613. The van der Waals surface area contributed by atoms with Gasteiger partial charge in [0.2, 0.25) is 0 Å². The van der Waals surface area contributed by atoms with Gasteiger partial charge in [0, 0.05) is 13.1 Å². The Morgan fingerprint density at radius 2 is 2.50 bits per heavy atom. The number of aromatic nitrogens is 1. The average molecular weight is 138 g/mol. The van der Waals surface area contributed by atoms with Crippen LogP contribution in [0.15, 0.2) is 24.5 Å². The van der Waals surface area contributed by atoms with Gasteiger partial charge < -0.3 is 9.84 Å². The number of ether oxygens (including phenoxy) is 1. The monoisotopic (exact) mass is 138 g/mol. The first-order chi connectivity index (χ1) is 4.79. The second kappa shape index (κ2) is 3.17. The summed E-state index contributed by atoms with van der Waals surface area (Å²) in [7, 11) is 0.